The number of hydrogen-bond donors (Lipinski definition) is 1. The fourth-order valence-electron chi connectivity index (χ4n) is 2.90. The van der Waals surface area contributed by atoms with E-state index in [9.17, 15) is 0 Å². The monoisotopic (exact) mass is 254 g/mol. The van der Waals surface area contributed by atoms with Crippen LogP contribution >= 0.6 is 0 Å². The van der Waals surface area contributed by atoms with E-state index in [0.29, 0.717) is 0 Å². The van der Waals surface area contributed by atoms with Crippen LogP contribution < -0.4 is 5.32 Å². The number of aromatic nitrogens is 1. The molecule has 19 heavy (non-hydrogen) atoms. The topological polar surface area (TPSA) is 34.2 Å². The quantitative estimate of drug-likeness (QED) is 0.911. The molecule has 0 radical (unpaired) electrons. The van der Waals surface area contributed by atoms with E-state index in [4.69, 9.17) is 4.74 Å². The van der Waals surface area contributed by atoms with Crippen molar-refractivity contribution in [2.75, 3.05) is 20.2 Å². The number of likely N-dealkylation sites (N-methyl/N-ethyl adjacent to an activating group) is 1. The highest BCUT2D eigenvalue weighted by atomic mass is 16.5. The van der Waals surface area contributed by atoms with Crippen LogP contribution in [0, 0.1) is 0 Å². The van der Waals surface area contributed by atoms with Gasteiger partial charge in [-0.25, -0.2) is 0 Å². The van der Waals surface area contributed by atoms with Crippen LogP contribution in [0.3, 0.4) is 0 Å². The summed E-state index contributed by atoms with van der Waals surface area (Å²) in [5.41, 5.74) is 3.40. The molecule has 2 aromatic rings. The number of benzene rings is 1. The van der Waals surface area contributed by atoms with Gasteiger partial charge in [-0.15, -0.1) is 0 Å². The van der Waals surface area contributed by atoms with E-state index in [1.54, 1.807) is 0 Å². The summed E-state index contributed by atoms with van der Waals surface area (Å²) in [5.74, 6) is 0. The largest absolute Gasteiger partial charge is 0.364 e. The molecule has 0 saturated carbocycles. The lowest BCUT2D eigenvalue weighted by Gasteiger charge is -2.39. The summed E-state index contributed by atoms with van der Waals surface area (Å²) in [7, 11) is 1.96. The van der Waals surface area contributed by atoms with Crippen molar-refractivity contribution in [3.63, 3.8) is 0 Å². The van der Waals surface area contributed by atoms with Gasteiger partial charge in [0.05, 0.1) is 6.61 Å². The van der Waals surface area contributed by atoms with Crippen LogP contribution in [0.15, 0.2) is 48.8 Å². The molecule has 0 bridgehead atoms. The lowest BCUT2D eigenvalue weighted by Crippen LogP contribution is -2.44. The molecule has 3 rings (SSSR count). The van der Waals surface area contributed by atoms with Crippen LogP contribution in [0.2, 0.25) is 0 Å². The van der Waals surface area contributed by atoms with Crippen molar-refractivity contribution in [3.05, 3.63) is 65.5 Å². The minimum Gasteiger partial charge on any atom is -0.364 e. The SMILES string of the molecule is CNC[C@@]1(c2ccncc2)OCCc2ccccc21. The van der Waals surface area contributed by atoms with E-state index in [2.05, 4.69) is 34.6 Å². The molecule has 3 heteroatoms. The van der Waals surface area contributed by atoms with Crippen LogP contribution in [-0.2, 0) is 16.8 Å². The summed E-state index contributed by atoms with van der Waals surface area (Å²) in [5, 5.41) is 3.27. The van der Waals surface area contributed by atoms with Crippen molar-refractivity contribution in [1.82, 2.24) is 10.3 Å². The Labute approximate surface area is 113 Å². The Morgan fingerprint density at radius 2 is 2.00 bits per heavy atom. The van der Waals surface area contributed by atoms with Crippen LogP contribution in [0.5, 0.6) is 0 Å². The van der Waals surface area contributed by atoms with E-state index >= 15 is 0 Å². The maximum atomic E-state index is 6.23. The molecule has 1 N–H and O–H groups in total. The Bertz CT molecular complexity index is 556. The van der Waals surface area contributed by atoms with Gasteiger partial charge in [0, 0.05) is 18.9 Å². The Balaban J connectivity index is 2.17. The highest BCUT2D eigenvalue weighted by Crippen LogP contribution is 2.38. The van der Waals surface area contributed by atoms with Crippen molar-refractivity contribution in [1.29, 1.82) is 0 Å². The number of rotatable bonds is 3. The van der Waals surface area contributed by atoms with Crippen molar-refractivity contribution < 1.29 is 4.74 Å². The molecule has 0 spiro atoms. The van der Waals surface area contributed by atoms with Gasteiger partial charge in [-0.05, 0) is 42.3 Å². The first-order valence-corrected chi connectivity index (χ1v) is 6.64. The maximum absolute atomic E-state index is 6.23. The first-order valence-electron chi connectivity index (χ1n) is 6.64. The molecule has 1 aromatic carbocycles. The van der Waals surface area contributed by atoms with Crippen molar-refractivity contribution >= 4 is 0 Å². The Morgan fingerprint density at radius 3 is 2.79 bits per heavy atom. The molecule has 1 aliphatic rings. The zero-order chi connectivity index (χ0) is 13.1. The highest BCUT2D eigenvalue weighted by molar-refractivity contribution is 5.43. The number of nitrogens with one attached hydrogen (secondary N) is 1. The summed E-state index contributed by atoms with van der Waals surface area (Å²) in [4.78, 5) is 4.11. The van der Waals surface area contributed by atoms with Gasteiger partial charge < -0.3 is 10.1 Å². The fraction of sp³-hybridized carbons (Fsp3) is 0.312. The normalized spacial score (nSPS) is 21.9. The van der Waals surface area contributed by atoms with Gasteiger partial charge in [-0.3, -0.25) is 4.98 Å². The number of fused-ring (bicyclic) bond motifs is 1. The third kappa shape index (κ3) is 2.05. The first kappa shape index (κ1) is 12.3. The third-order valence-corrected chi connectivity index (χ3v) is 3.74. The minimum absolute atomic E-state index is 0.396. The average Bonchev–Trinajstić information content (AvgIpc) is 2.49. The number of ether oxygens (including phenoxy) is 1. The number of hydrogen-bond acceptors (Lipinski definition) is 3. The molecule has 0 fully saturated rings. The molecule has 0 amide bonds. The Morgan fingerprint density at radius 1 is 1.21 bits per heavy atom. The van der Waals surface area contributed by atoms with Crippen molar-refractivity contribution in [3.8, 4) is 0 Å². The molecule has 0 aliphatic carbocycles. The van der Waals surface area contributed by atoms with E-state index in [1.807, 2.05) is 31.6 Å². The molecular formula is C16H18N2O. The summed E-state index contributed by atoms with van der Waals surface area (Å²) in [6, 6.07) is 12.6. The third-order valence-electron chi connectivity index (χ3n) is 3.74. The smallest absolute Gasteiger partial charge is 0.131 e. The Hall–Kier alpha value is -1.71. The molecule has 3 nitrogen and oxygen atoms in total. The molecule has 0 unspecified atom stereocenters. The average molecular weight is 254 g/mol. The standard InChI is InChI=1S/C16H18N2O/c1-17-12-16(14-6-9-18-10-7-14)15-5-3-2-4-13(15)8-11-19-16/h2-7,9-10,17H,8,11-12H2,1H3/t16-/m0/s1. The second kappa shape index (κ2) is 5.11. The van der Waals surface area contributed by atoms with E-state index in [-0.39, 0.29) is 0 Å². The summed E-state index contributed by atoms with van der Waals surface area (Å²) in [6.07, 6.45) is 4.63. The van der Waals surface area contributed by atoms with E-state index < -0.39 is 5.60 Å². The van der Waals surface area contributed by atoms with Gasteiger partial charge in [-0.2, -0.15) is 0 Å². The molecule has 0 saturated heterocycles. The summed E-state index contributed by atoms with van der Waals surface area (Å²) < 4.78 is 6.23. The lowest BCUT2D eigenvalue weighted by atomic mass is 9.81. The summed E-state index contributed by atoms with van der Waals surface area (Å²) >= 11 is 0. The van der Waals surface area contributed by atoms with Crippen molar-refractivity contribution in [2.45, 2.75) is 12.0 Å². The first-order chi connectivity index (χ1) is 9.37. The van der Waals surface area contributed by atoms with Crippen LogP contribution in [0.25, 0.3) is 0 Å². The van der Waals surface area contributed by atoms with Gasteiger partial charge in [-0.1, -0.05) is 24.3 Å². The van der Waals surface area contributed by atoms with Crippen molar-refractivity contribution in [2.24, 2.45) is 0 Å². The highest BCUT2D eigenvalue weighted by Gasteiger charge is 2.38. The zero-order valence-corrected chi connectivity index (χ0v) is 11.1. The van der Waals surface area contributed by atoms with E-state index in [0.717, 1.165) is 25.1 Å². The Kier molecular flexibility index (Phi) is 3.32. The van der Waals surface area contributed by atoms with E-state index in [1.165, 1.54) is 11.1 Å². The molecule has 2 heterocycles. The zero-order valence-electron chi connectivity index (χ0n) is 11.1. The van der Waals surface area contributed by atoms with Gasteiger partial charge in [0.2, 0.25) is 0 Å². The van der Waals surface area contributed by atoms with Gasteiger partial charge >= 0.3 is 0 Å². The second-order valence-electron chi connectivity index (χ2n) is 4.85. The lowest BCUT2D eigenvalue weighted by molar-refractivity contribution is -0.0263. The molecule has 1 aliphatic heterocycles. The van der Waals surface area contributed by atoms with Crippen LogP contribution in [-0.4, -0.2) is 25.2 Å². The van der Waals surface area contributed by atoms with Gasteiger partial charge in [0.25, 0.3) is 0 Å². The number of pyridine rings is 1. The molecular weight excluding hydrogens is 236 g/mol. The predicted molar refractivity (Wildman–Crippen MR) is 75.0 cm³/mol. The molecule has 1 aromatic heterocycles. The fourth-order valence-corrected chi connectivity index (χ4v) is 2.90. The molecule has 98 valence electrons. The second-order valence-corrected chi connectivity index (χ2v) is 4.85. The minimum atomic E-state index is -0.396. The van der Waals surface area contributed by atoms with Crippen LogP contribution in [0.4, 0.5) is 0 Å². The maximum Gasteiger partial charge on any atom is 0.131 e. The summed E-state index contributed by atoms with van der Waals surface area (Å²) in [6.45, 7) is 1.51. The van der Waals surface area contributed by atoms with Crippen LogP contribution in [0.1, 0.15) is 16.7 Å². The molecule has 1 atom stereocenters. The van der Waals surface area contributed by atoms with Gasteiger partial charge in [0.15, 0.2) is 0 Å². The van der Waals surface area contributed by atoms with Gasteiger partial charge in [0.1, 0.15) is 5.60 Å². The number of nitrogens with zero attached hydrogens (tertiary/aromatic N) is 1. The predicted octanol–water partition coefficient (Wildman–Crippen LogP) is 2.12.